The summed E-state index contributed by atoms with van der Waals surface area (Å²) in [5.41, 5.74) is 0. The zero-order chi connectivity index (χ0) is 9.36. The topological polar surface area (TPSA) is 21.6 Å². The molecule has 0 aromatic heterocycles. The van der Waals surface area contributed by atoms with Gasteiger partial charge in [0, 0.05) is 6.21 Å². The van der Waals surface area contributed by atoms with E-state index in [4.69, 9.17) is 4.84 Å². The van der Waals surface area contributed by atoms with Gasteiger partial charge in [-0.05, 0) is 25.2 Å². The van der Waals surface area contributed by atoms with Gasteiger partial charge in [-0.1, -0.05) is 37.8 Å². The molecule has 0 radical (unpaired) electrons. The second-order valence-electron chi connectivity index (χ2n) is 3.84. The molecule has 13 heavy (non-hydrogen) atoms. The van der Waals surface area contributed by atoms with Gasteiger partial charge in [-0.15, -0.1) is 0 Å². The maximum Gasteiger partial charge on any atom is 0.117 e. The van der Waals surface area contributed by atoms with Gasteiger partial charge in [0.05, 0.1) is 0 Å². The lowest BCUT2D eigenvalue weighted by atomic mass is 9.90. The van der Waals surface area contributed by atoms with Gasteiger partial charge in [0.15, 0.2) is 0 Å². The minimum Gasteiger partial charge on any atom is -0.396 e. The van der Waals surface area contributed by atoms with E-state index in [0.29, 0.717) is 5.92 Å². The average Bonchev–Trinajstić information content (AvgIpc) is 2.19. The third kappa shape index (κ3) is 4.91. The third-order valence-electron chi connectivity index (χ3n) is 2.59. The van der Waals surface area contributed by atoms with Crippen LogP contribution in [0.5, 0.6) is 0 Å². The molecule has 0 N–H and O–H groups in total. The Bertz CT molecular complexity index is 139. The molecule has 0 aromatic rings. The Morgan fingerprint density at radius 2 is 2.08 bits per heavy atom. The molecule has 1 aliphatic rings. The Morgan fingerprint density at radius 3 is 2.77 bits per heavy atom. The maximum atomic E-state index is 5.15. The molecule has 2 nitrogen and oxygen atoms in total. The van der Waals surface area contributed by atoms with Gasteiger partial charge >= 0.3 is 0 Å². The lowest BCUT2D eigenvalue weighted by Gasteiger charge is -2.16. The Hall–Kier alpha value is -0.530. The molecule has 1 aliphatic carbocycles. The fourth-order valence-electron chi connectivity index (χ4n) is 1.67. The molecule has 0 atom stereocenters. The second-order valence-corrected chi connectivity index (χ2v) is 3.84. The zero-order valence-corrected chi connectivity index (χ0v) is 8.67. The lowest BCUT2D eigenvalue weighted by Crippen LogP contribution is -2.07. The van der Waals surface area contributed by atoms with Crippen LogP contribution in [0.3, 0.4) is 0 Å². The maximum absolute atomic E-state index is 5.15. The van der Waals surface area contributed by atoms with Crippen molar-refractivity contribution < 1.29 is 4.84 Å². The molecule has 0 saturated heterocycles. The number of hydrogen-bond acceptors (Lipinski definition) is 2. The summed E-state index contributed by atoms with van der Waals surface area (Å²) in [6.07, 6.45) is 11.1. The SMILES string of the molecule is CCCCON=CC1CCCCC1. The van der Waals surface area contributed by atoms with Gasteiger partial charge in [-0.3, -0.25) is 0 Å². The van der Waals surface area contributed by atoms with Gasteiger partial charge in [0.2, 0.25) is 0 Å². The van der Waals surface area contributed by atoms with Crippen LogP contribution in [-0.2, 0) is 4.84 Å². The Labute approximate surface area is 81.3 Å². The molecule has 1 rings (SSSR count). The Kier molecular flexibility index (Phi) is 5.62. The lowest BCUT2D eigenvalue weighted by molar-refractivity contribution is 0.140. The molecule has 0 unspecified atom stereocenters. The molecule has 0 bridgehead atoms. The van der Waals surface area contributed by atoms with E-state index < -0.39 is 0 Å². The van der Waals surface area contributed by atoms with Crippen molar-refractivity contribution in [3.63, 3.8) is 0 Å². The molecule has 1 fully saturated rings. The number of hydrogen-bond donors (Lipinski definition) is 0. The van der Waals surface area contributed by atoms with Gasteiger partial charge in [-0.25, -0.2) is 0 Å². The summed E-state index contributed by atoms with van der Waals surface area (Å²) in [5, 5.41) is 4.01. The minimum absolute atomic E-state index is 0.690. The zero-order valence-electron chi connectivity index (χ0n) is 8.67. The molecule has 0 heterocycles. The summed E-state index contributed by atoms with van der Waals surface area (Å²) in [6.45, 7) is 2.94. The second kappa shape index (κ2) is 6.93. The van der Waals surface area contributed by atoms with E-state index in [-0.39, 0.29) is 0 Å². The normalized spacial score (nSPS) is 19.5. The highest BCUT2D eigenvalue weighted by atomic mass is 16.6. The van der Waals surface area contributed by atoms with E-state index in [2.05, 4.69) is 12.1 Å². The first-order valence-electron chi connectivity index (χ1n) is 5.59. The van der Waals surface area contributed by atoms with Gasteiger partial charge in [0.25, 0.3) is 0 Å². The Morgan fingerprint density at radius 1 is 1.31 bits per heavy atom. The van der Waals surface area contributed by atoms with E-state index in [1.807, 2.05) is 6.21 Å². The molecule has 76 valence electrons. The third-order valence-corrected chi connectivity index (χ3v) is 2.59. The highest BCUT2D eigenvalue weighted by Crippen LogP contribution is 2.21. The fourth-order valence-corrected chi connectivity index (χ4v) is 1.67. The average molecular weight is 183 g/mol. The van der Waals surface area contributed by atoms with Crippen LogP contribution in [0, 0.1) is 5.92 Å². The molecular weight excluding hydrogens is 162 g/mol. The van der Waals surface area contributed by atoms with E-state index in [9.17, 15) is 0 Å². The minimum atomic E-state index is 0.690. The van der Waals surface area contributed by atoms with Crippen molar-refractivity contribution in [3.8, 4) is 0 Å². The highest BCUT2D eigenvalue weighted by molar-refractivity contribution is 5.59. The van der Waals surface area contributed by atoms with E-state index in [1.54, 1.807) is 0 Å². The number of nitrogens with zero attached hydrogens (tertiary/aromatic N) is 1. The molecule has 1 saturated carbocycles. The first-order chi connectivity index (χ1) is 6.43. The van der Waals surface area contributed by atoms with Crippen molar-refractivity contribution in [3.05, 3.63) is 0 Å². The highest BCUT2D eigenvalue weighted by Gasteiger charge is 2.10. The van der Waals surface area contributed by atoms with Gasteiger partial charge in [-0.2, -0.15) is 0 Å². The fraction of sp³-hybridized carbons (Fsp3) is 0.909. The molecule has 0 aromatic carbocycles. The smallest absolute Gasteiger partial charge is 0.117 e. The molecule has 2 heteroatoms. The summed E-state index contributed by atoms with van der Waals surface area (Å²) in [6, 6.07) is 0. The predicted molar refractivity (Wildman–Crippen MR) is 55.9 cm³/mol. The van der Waals surface area contributed by atoms with Crippen molar-refractivity contribution in [1.29, 1.82) is 0 Å². The molecule has 0 spiro atoms. The van der Waals surface area contributed by atoms with Gasteiger partial charge < -0.3 is 4.84 Å². The first-order valence-corrected chi connectivity index (χ1v) is 5.59. The molecule has 0 aliphatic heterocycles. The quantitative estimate of drug-likeness (QED) is 0.364. The van der Waals surface area contributed by atoms with Crippen LogP contribution < -0.4 is 0 Å². The van der Waals surface area contributed by atoms with E-state index in [0.717, 1.165) is 13.0 Å². The van der Waals surface area contributed by atoms with Crippen molar-refractivity contribution in [2.24, 2.45) is 11.1 Å². The van der Waals surface area contributed by atoms with Crippen LogP contribution >= 0.6 is 0 Å². The Balaban J connectivity index is 2.01. The van der Waals surface area contributed by atoms with Crippen LogP contribution in [-0.4, -0.2) is 12.8 Å². The molecular formula is C11H21NO. The number of oxime groups is 1. The standard InChI is InChI=1S/C11H21NO/c1-2-3-9-13-12-10-11-7-5-4-6-8-11/h10-11H,2-9H2,1H3. The van der Waals surface area contributed by atoms with Crippen molar-refractivity contribution in [1.82, 2.24) is 0 Å². The summed E-state index contributed by atoms with van der Waals surface area (Å²) in [5.74, 6) is 0.690. The van der Waals surface area contributed by atoms with Crippen molar-refractivity contribution >= 4 is 6.21 Å². The van der Waals surface area contributed by atoms with E-state index >= 15 is 0 Å². The largest absolute Gasteiger partial charge is 0.396 e. The first kappa shape index (κ1) is 10.6. The van der Waals surface area contributed by atoms with E-state index in [1.165, 1.54) is 38.5 Å². The summed E-state index contributed by atoms with van der Waals surface area (Å²) >= 11 is 0. The van der Waals surface area contributed by atoms with Crippen molar-refractivity contribution in [2.75, 3.05) is 6.61 Å². The monoisotopic (exact) mass is 183 g/mol. The number of rotatable bonds is 5. The van der Waals surface area contributed by atoms with Crippen LogP contribution in [0.15, 0.2) is 5.16 Å². The number of unbranched alkanes of at least 4 members (excludes halogenated alkanes) is 1. The summed E-state index contributed by atoms with van der Waals surface area (Å²) in [4.78, 5) is 5.15. The van der Waals surface area contributed by atoms with Crippen molar-refractivity contribution in [2.45, 2.75) is 51.9 Å². The van der Waals surface area contributed by atoms with Crippen LogP contribution in [0.25, 0.3) is 0 Å². The van der Waals surface area contributed by atoms with Crippen LogP contribution in [0.4, 0.5) is 0 Å². The van der Waals surface area contributed by atoms with Crippen LogP contribution in [0.1, 0.15) is 51.9 Å². The van der Waals surface area contributed by atoms with Crippen LogP contribution in [0.2, 0.25) is 0 Å². The molecule has 0 amide bonds. The summed E-state index contributed by atoms with van der Waals surface area (Å²) in [7, 11) is 0. The van der Waals surface area contributed by atoms with Gasteiger partial charge in [0.1, 0.15) is 6.61 Å². The summed E-state index contributed by atoms with van der Waals surface area (Å²) < 4.78 is 0. The predicted octanol–water partition coefficient (Wildman–Crippen LogP) is 3.37.